The van der Waals surface area contributed by atoms with E-state index in [1.807, 2.05) is 26.2 Å². The molecule has 2 aromatic heterocycles. The Labute approximate surface area is 118 Å². The van der Waals surface area contributed by atoms with E-state index in [0.717, 1.165) is 23.1 Å². The minimum atomic E-state index is 0.0227. The van der Waals surface area contributed by atoms with Crippen molar-refractivity contribution in [2.75, 3.05) is 27.2 Å². The monoisotopic (exact) mass is 273 g/mol. The Hall–Kier alpha value is -2.14. The molecule has 0 bridgehead atoms. The topological polar surface area (TPSA) is 58.2 Å². The zero-order chi connectivity index (χ0) is 14.5. The summed E-state index contributed by atoms with van der Waals surface area (Å²) in [5.74, 6) is 0.634. The molecular formula is C15H19N3O2. The molecular weight excluding hydrogens is 254 g/mol. The molecule has 0 spiro atoms. The molecule has 106 valence electrons. The third-order valence-electron chi connectivity index (χ3n) is 2.79. The number of aromatic nitrogens is 2. The fraction of sp³-hybridized carbons (Fsp3) is 0.333. The lowest BCUT2D eigenvalue weighted by Crippen LogP contribution is -2.19. The van der Waals surface area contributed by atoms with E-state index in [0.29, 0.717) is 12.5 Å². The van der Waals surface area contributed by atoms with Crippen LogP contribution in [-0.4, -0.2) is 47.9 Å². The number of pyridine rings is 1. The highest BCUT2D eigenvalue weighted by Gasteiger charge is 2.03. The Bertz CT molecular complexity index is 629. The largest absolute Gasteiger partial charge is 0.476 e. The lowest BCUT2D eigenvalue weighted by atomic mass is 10.3. The summed E-state index contributed by atoms with van der Waals surface area (Å²) in [6.45, 7) is 2.98. The molecule has 20 heavy (non-hydrogen) atoms. The second kappa shape index (κ2) is 6.34. The number of ether oxygens (including phenoxy) is 1. The smallest absolute Gasteiger partial charge is 0.213 e. The SMILES string of the molecule is CC(=O)/C=C/c1cc2cc(OCCN(C)C)ncc2[nH]1. The minimum absolute atomic E-state index is 0.0227. The summed E-state index contributed by atoms with van der Waals surface area (Å²) in [5, 5.41) is 1.02. The summed E-state index contributed by atoms with van der Waals surface area (Å²) in [6.07, 6.45) is 5.03. The van der Waals surface area contributed by atoms with Crippen LogP contribution >= 0.6 is 0 Å². The Morgan fingerprint density at radius 1 is 1.45 bits per heavy atom. The number of aromatic amines is 1. The first kappa shape index (κ1) is 14.3. The van der Waals surface area contributed by atoms with E-state index in [1.54, 1.807) is 12.3 Å². The number of ketones is 1. The van der Waals surface area contributed by atoms with E-state index in [-0.39, 0.29) is 5.78 Å². The molecule has 0 saturated carbocycles. The van der Waals surface area contributed by atoms with E-state index >= 15 is 0 Å². The summed E-state index contributed by atoms with van der Waals surface area (Å²) in [4.78, 5) is 20.4. The van der Waals surface area contributed by atoms with Crippen LogP contribution in [0.3, 0.4) is 0 Å². The molecule has 0 amide bonds. The first-order chi connectivity index (χ1) is 9.54. The predicted octanol–water partition coefficient (Wildman–Crippen LogP) is 2.11. The van der Waals surface area contributed by atoms with Crippen molar-refractivity contribution >= 4 is 22.8 Å². The third kappa shape index (κ3) is 3.93. The quantitative estimate of drug-likeness (QED) is 0.819. The summed E-state index contributed by atoms with van der Waals surface area (Å²) in [5.41, 5.74) is 1.80. The molecule has 5 heteroatoms. The summed E-state index contributed by atoms with van der Waals surface area (Å²) >= 11 is 0. The van der Waals surface area contributed by atoms with Gasteiger partial charge in [0.05, 0.1) is 11.7 Å². The molecule has 2 heterocycles. The number of H-pyrrole nitrogens is 1. The van der Waals surface area contributed by atoms with E-state index in [9.17, 15) is 4.79 Å². The molecule has 2 rings (SSSR count). The van der Waals surface area contributed by atoms with Gasteiger partial charge < -0.3 is 14.6 Å². The van der Waals surface area contributed by atoms with Crippen LogP contribution in [0, 0.1) is 0 Å². The van der Waals surface area contributed by atoms with Gasteiger partial charge in [-0.1, -0.05) is 0 Å². The number of hydrogen-bond donors (Lipinski definition) is 1. The van der Waals surface area contributed by atoms with Crippen molar-refractivity contribution in [1.29, 1.82) is 0 Å². The molecule has 0 aromatic carbocycles. The number of carbonyl (C=O) groups excluding carboxylic acids is 1. The predicted molar refractivity (Wildman–Crippen MR) is 79.9 cm³/mol. The van der Waals surface area contributed by atoms with Gasteiger partial charge >= 0.3 is 0 Å². The number of hydrogen-bond acceptors (Lipinski definition) is 4. The summed E-state index contributed by atoms with van der Waals surface area (Å²) in [7, 11) is 4.00. The average Bonchev–Trinajstić information content (AvgIpc) is 2.78. The molecule has 0 aliphatic heterocycles. The van der Waals surface area contributed by atoms with Gasteiger partial charge in [-0.25, -0.2) is 4.98 Å². The van der Waals surface area contributed by atoms with Gasteiger partial charge in [0.25, 0.3) is 0 Å². The van der Waals surface area contributed by atoms with Gasteiger partial charge in [0.15, 0.2) is 5.78 Å². The standard InChI is InChI=1S/C15H19N3O2/c1-11(19)4-5-13-8-12-9-15(16-10-14(12)17-13)20-7-6-18(2)3/h4-5,8-10,17H,6-7H2,1-3H3/b5-4+. The van der Waals surface area contributed by atoms with Gasteiger partial charge in [0.2, 0.25) is 5.88 Å². The van der Waals surface area contributed by atoms with Crippen LogP contribution in [0.1, 0.15) is 12.6 Å². The maximum atomic E-state index is 10.9. The highest BCUT2D eigenvalue weighted by molar-refractivity contribution is 5.92. The number of carbonyl (C=O) groups is 1. The van der Waals surface area contributed by atoms with Crippen molar-refractivity contribution < 1.29 is 9.53 Å². The lowest BCUT2D eigenvalue weighted by Gasteiger charge is -2.10. The number of nitrogens with one attached hydrogen (secondary N) is 1. The Morgan fingerprint density at radius 2 is 2.25 bits per heavy atom. The van der Waals surface area contributed by atoms with Crippen molar-refractivity contribution in [1.82, 2.24) is 14.9 Å². The Kier molecular flexibility index (Phi) is 4.53. The minimum Gasteiger partial charge on any atom is -0.476 e. The molecule has 0 aliphatic rings. The summed E-state index contributed by atoms with van der Waals surface area (Å²) < 4.78 is 5.59. The molecule has 0 fully saturated rings. The fourth-order valence-electron chi connectivity index (χ4n) is 1.74. The second-order valence-corrected chi connectivity index (χ2v) is 4.93. The molecule has 5 nitrogen and oxygen atoms in total. The number of rotatable bonds is 6. The average molecular weight is 273 g/mol. The molecule has 1 N–H and O–H groups in total. The first-order valence-corrected chi connectivity index (χ1v) is 6.49. The Morgan fingerprint density at radius 3 is 2.95 bits per heavy atom. The van der Waals surface area contributed by atoms with Gasteiger partial charge in [-0.2, -0.15) is 0 Å². The Balaban J connectivity index is 2.11. The highest BCUT2D eigenvalue weighted by Crippen LogP contribution is 2.19. The number of likely N-dealkylation sites (N-methyl/N-ethyl adjacent to an activating group) is 1. The van der Waals surface area contributed by atoms with Crippen molar-refractivity contribution in [3.63, 3.8) is 0 Å². The lowest BCUT2D eigenvalue weighted by molar-refractivity contribution is -0.112. The van der Waals surface area contributed by atoms with Crippen molar-refractivity contribution in [2.45, 2.75) is 6.92 Å². The van der Waals surface area contributed by atoms with Crippen LogP contribution in [0.15, 0.2) is 24.4 Å². The molecule has 0 aliphatic carbocycles. The second-order valence-electron chi connectivity index (χ2n) is 4.93. The van der Waals surface area contributed by atoms with Crippen molar-refractivity contribution in [3.05, 3.63) is 30.1 Å². The van der Waals surface area contributed by atoms with Gasteiger partial charge in [-0.05, 0) is 39.2 Å². The zero-order valence-electron chi connectivity index (χ0n) is 12.0. The van der Waals surface area contributed by atoms with Gasteiger partial charge in [-0.15, -0.1) is 0 Å². The zero-order valence-corrected chi connectivity index (χ0v) is 12.0. The van der Waals surface area contributed by atoms with Crippen molar-refractivity contribution in [3.8, 4) is 5.88 Å². The first-order valence-electron chi connectivity index (χ1n) is 6.49. The van der Waals surface area contributed by atoms with Crippen LogP contribution in [0.25, 0.3) is 17.0 Å². The maximum absolute atomic E-state index is 10.9. The molecule has 2 aromatic rings. The van der Waals surface area contributed by atoms with Gasteiger partial charge in [0.1, 0.15) is 6.61 Å². The highest BCUT2D eigenvalue weighted by atomic mass is 16.5. The number of fused-ring (bicyclic) bond motifs is 1. The molecule has 0 unspecified atom stereocenters. The van der Waals surface area contributed by atoms with E-state index in [4.69, 9.17) is 4.74 Å². The fourth-order valence-corrected chi connectivity index (χ4v) is 1.74. The van der Waals surface area contributed by atoms with Crippen LogP contribution in [0.4, 0.5) is 0 Å². The van der Waals surface area contributed by atoms with Crippen LogP contribution in [0.2, 0.25) is 0 Å². The number of allylic oxidation sites excluding steroid dienone is 1. The summed E-state index contributed by atoms with van der Waals surface area (Å²) in [6, 6.07) is 3.86. The van der Waals surface area contributed by atoms with E-state index in [1.165, 1.54) is 13.0 Å². The van der Waals surface area contributed by atoms with Gasteiger partial charge in [-0.3, -0.25) is 4.79 Å². The molecule has 0 saturated heterocycles. The van der Waals surface area contributed by atoms with Crippen LogP contribution < -0.4 is 4.74 Å². The van der Waals surface area contributed by atoms with Crippen LogP contribution in [-0.2, 0) is 4.79 Å². The normalized spacial score (nSPS) is 11.6. The molecule has 0 radical (unpaired) electrons. The van der Waals surface area contributed by atoms with E-state index in [2.05, 4.69) is 14.9 Å². The maximum Gasteiger partial charge on any atom is 0.213 e. The molecule has 0 atom stereocenters. The van der Waals surface area contributed by atoms with Crippen molar-refractivity contribution in [2.24, 2.45) is 0 Å². The van der Waals surface area contributed by atoms with Gasteiger partial charge in [0, 0.05) is 23.7 Å². The number of nitrogens with zero attached hydrogens (tertiary/aromatic N) is 2. The third-order valence-corrected chi connectivity index (χ3v) is 2.79. The van der Waals surface area contributed by atoms with Crippen LogP contribution in [0.5, 0.6) is 5.88 Å². The van der Waals surface area contributed by atoms with E-state index < -0.39 is 0 Å².